The normalized spacial score (nSPS) is 28.2. The third kappa shape index (κ3) is 3.17. The van der Waals surface area contributed by atoms with Gasteiger partial charge in [0.25, 0.3) is 0 Å². The minimum Gasteiger partial charge on any atom is -0.388 e. The van der Waals surface area contributed by atoms with Crippen molar-refractivity contribution in [1.29, 1.82) is 0 Å². The maximum absolute atomic E-state index is 11.8. The van der Waals surface area contributed by atoms with E-state index in [9.17, 15) is 15.0 Å². The number of carbonyl (C=O) groups is 1. The van der Waals surface area contributed by atoms with Gasteiger partial charge in [-0.15, -0.1) is 0 Å². The predicted molar refractivity (Wildman–Crippen MR) is 60.6 cm³/mol. The van der Waals surface area contributed by atoms with E-state index < -0.39 is 12.2 Å². The molecule has 0 bridgehead atoms. The van der Waals surface area contributed by atoms with Crippen LogP contribution in [-0.4, -0.2) is 52.4 Å². The summed E-state index contributed by atoms with van der Waals surface area (Å²) in [5, 5.41) is 18.7. The van der Waals surface area contributed by atoms with Crippen LogP contribution in [0.4, 0.5) is 0 Å². The molecule has 5 nitrogen and oxygen atoms in total. The van der Waals surface area contributed by atoms with Crippen LogP contribution in [0.25, 0.3) is 0 Å². The fourth-order valence-corrected chi connectivity index (χ4v) is 1.60. The van der Waals surface area contributed by atoms with E-state index in [0.717, 1.165) is 0 Å². The van der Waals surface area contributed by atoms with Crippen LogP contribution in [0.3, 0.4) is 0 Å². The lowest BCUT2D eigenvalue weighted by atomic mass is 9.85. The van der Waals surface area contributed by atoms with Gasteiger partial charge in [0.1, 0.15) is 0 Å². The Morgan fingerprint density at radius 1 is 1.38 bits per heavy atom. The molecule has 1 heterocycles. The van der Waals surface area contributed by atoms with E-state index in [4.69, 9.17) is 5.73 Å². The third-order valence-corrected chi connectivity index (χ3v) is 3.12. The van der Waals surface area contributed by atoms with Gasteiger partial charge in [0, 0.05) is 25.6 Å². The van der Waals surface area contributed by atoms with E-state index in [1.807, 2.05) is 20.8 Å². The molecule has 4 N–H and O–H groups in total. The first-order valence-electron chi connectivity index (χ1n) is 5.61. The number of β-amino-alcohol motifs (C(OH)–C–C–N with tert-alkyl or cyclic N) is 2. The highest BCUT2D eigenvalue weighted by molar-refractivity contribution is 5.77. The topological polar surface area (TPSA) is 86.8 Å². The maximum Gasteiger partial charge on any atom is 0.224 e. The van der Waals surface area contributed by atoms with Crippen molar-refractivity contribution >= 4 is 5.91 Å². The van der Waals surface area contributed by atoms with Crippen molar-refractivity contribution in [1.82, 2.24) is 4.90 Å². The summed E-state index contributed by atoms with van der Waals surface area (Å²) in [5.41, 5.74) is 5.80. The molecule has 94 valence electrons. The molecule has 0 saturated carbocycles. The summed E-state index contributed by atoms with van der Waals surface area (Å²) in [6.07, 6.45) is -1.40. The van der Waals surface area contributed by atoms with Crippen LogP contribution in [-0.2, 0) is 4.79 Å². The molecule has 1 rings (SSSR count). The molecule has 0 radical (unpaired) electrons. The minimum atomic E-state index is -0.824. The summed E-state index contributed by atoms with van der Waals surface area (Å²) in [4.78, 5) is 13.3. The second-order valence-corrected chi connectivity index (χ2v) is 5.61. The monoisotopic (exact) mass is 230 g/mol. The molecule has 0 spiro atoms. The highest BCUT2D eigenvalue weighted by atomic mass is 16.3. The standard InChI is InChI=1S/C11H22N2O3/c1-11(2,3)9(12)4-10(16)13-5-7(14)8(15)6-13/h7-9,14-15H,4-6,12H2,1-3H3/t7-,8+,9?. The van der Waals surface area contributed by atoms with E-state index in [1.54, 1.807) is 0 Å². The van der Waals surface area contributed by atoms with Crippen molar-refractivity contribution in [2.24, 2.45) is 11.1 Å². The highest BCUT2D eigenvalue weighted by Crippen LogP contribution is 2.21. The number of amides is 1. The minimum absolute atomic E-state index is 0.0991. The Bertz CT molecular complexity index is 252. The zero-order valence-electron chi connectivity index (χ0n) is 10.2. The van der Waals surface area contributed by atoms with Gasteiger partial charge in [0.2, 0.25) is 5.91 Å². The van der Waals surface area contributed by atoms with Crippen LogP contribution in [0, 0.1) is 5.41 Å². The fraction of sp³-hybridized carbons (Fsp3) is 0.909. The van der Waals surface area contributed by atoms with Gasteiger partial charge in [0.15, 0.2) is 0 Å². The van der Waals surface area contributed by atoms with Gasteiger partial charge in [-0.3, -0.25) is 4.79 Å². The molecular formula is C11H22N2O3. The first-order valence-corrected chi connectivity index (χ1v) is 5.61. The molecule has 5 heteroatoms. The molecule has 16 heavy (non-hydrogen) atoms. The zero-order chi connectivity index (χ0) is 12.5. The quantitative estimate of drug-likeness (QED) is 0.586. The zero-order valence-corrected chi connectivity index (χ0v) is 10.2. The van der Waals surface area contributed by atoms with Gasteiger partial charge in [0.05, 0.1) is 12.2 Å². The lowest BCUT2D eigenvalue weighted by Gasteiger charge is -2.28. The first kappa shape index (κ1) is 13.4. The van der Waals surface area contributed by atoms with Crippen molar-refractivity contribution in [3.8, 4) is 0 Å². The Labute approximate surface area is 96.2 Å². The molecule has 0 aliphatic carbocycles. The molecule has 0 aromatic carbocycles. The average Bonchev–Trinajstić information content (AvgIpc) is 2.45. The fourth-order valence-electron chi connectivity index (χ4n) is 1.60. The molecule has 1 amide bonds. The molecular weight excluding hydrogens is 208 g/mol. The summed E-state index contributed by atoms with van der Waals surface area (Å²) in [5.74, 6) is -0.0991. The molecule has 1 saturated heterocycles. The number of likely N-dealkylation sites (tertiary alicyclic amines) is 1. The summed E-state index contributed by atoms with van der Waals surface area (Å²) in [7, 11) is 0. The van der Waals surface area contributed by atoms with Crippen molar-refractivity contribution in [3.63, 3.8) is 0 Å². The summed E-state index contributed by atoms with van der Waals surface area (Å²) >= 11 is 0. The average molecular weight is 230 g/mol. The highest BCUT2D eigenvalue weighted by Gasteiger charge is 2.34. The number of hydrogen-bond donors (Lipinski definition) is 3. The Kier molecular flexibility index (Phi) is 3.93. The Hall–Kier alpha value is -0.650. The van der Waals surface area contributed by atoms with Crippen molar-refractivity contribution in [2.45, 2.75) is 45.4 Å². The van der Waals surface area contributed by atoms with Crippen LogP contribution in [0.15, 0.2) is 0 Å². The largest absolute Gasteiger partial charge is 0.388 e. The van der Waals surface area contributed by atoms with E-state index >= 15 is 0 Å². The summed E-state index contributed by atoms with van der Waals surface area (Å²) in [6.45, 7) is 6.36. The molecule has 3 atom stereocenters. The van der Waals surface area contributed by atoms with Crippen molar-refractivity contribution < 1.29 is 15.0 Å². The van der Waals surface area contributed by atoms with Crippen molar-refractivity contribution in [3.05, 3.63) is 0 Å². The Morgan fingerprint density at radius 3 is 2.19 bits per heavy atom. The van der Waals surface area contributed by atoms with Crippen molar-refractivity contribution in [2.75, 3.05) is 13.1 Å². The number of aliphatic hydroxyl groups is 2. The molecule has 0 aromatic heterocycles. The maximum atomic E-state index is 11.8. The first-order chi connectivity index (χ1) is 7.21. The Morgan fingerprint density at radius 2 is 1.81 bits per heavy atom. The molecule has 1 aliphatic rings. The van der Waals surface area contributed by atoms with Crippen LogP contribution >= 0.6 is 0 Å². The van der Waals surface area contributed by atoms with Crippen LogP contribution in [0.2, 0.25) is 0 Å². The Balaban J connectivity index is 2.48. The van der Waals surface area contributed by atoms with Gasteiger partial charge in [-0.05, 0) is 5.41 Å². The number of nitrogens with two attached hydrogens (primary N) is 1. The van der Waals surface area contributed by atoms with Gasteiger partial charge in [-0.1, -0.05) is 20.8 Å². The van der Waals surface area contributed by atoms with E-state index in [-0.39, 0.29) is 36.9 Å². The van der Waals surface area contributed by atoms with E-state index in [1.165, 1.54) is 4.90 Å². The lowest BCUT2D eigenvalue weighted by molar-refractivity contribution is -0.131. The molecule has 1 unspecified atom stereocenters. The second-order valence-electron chi connectivity index (χ2n) is 5.61. The SMILES string of the molecule is CC(C)(C)C(N)CC(=O)N1C[C@@H](O)[C@@H](O)C1. The number of aliphatic hydroxyl groups excluding tert-OH is 2. The number of nitrogens with zero attached hydrogens (tertiary/aromatic N) is 1. The van der Waals surface area contributed by atoms with Crippen LogP contribution in [0.1, 0.15) is 27.2 Å². The van der Waals surface area contributed by atoms with Gasteiger partial charge in [-0.25, -0.2) is 0 Å². The number of carbonyl (C=O) groups excluding carboxylic acids is 1. The van der Waals surface area contributed by atoms with Gasteiger partial charge in [-0.2, -0.15) is 0 Å². The lowest BCUT2D eigenvalue weighted by Crippen LogP contribution is -2.41. The number of rotatable bonds is 2. The van der Waals surface area contributed by atoms with E-state index in [2.05, 4.69) is 0 Å². The van der Waals surface area contributed by atoms with Crippen LogP contribution < -0.4 is 5.73 Å². The second kappa shape index (κ2) is 4.69. The summed E-state index contributed by atoms with van der Waals surface area (Å²) in [6, 6.07) is -0.213. The molecule has 1 fully saturated rings. The van der Waals surface area contributed by atoms with E-state index in [0.29, 0.717) is 0 Å². The predicted octanol–water partition coefficient (Wildman–Crippen LogP) is -0.686. The van der Waals surface area contributed by atoms with Gasteiger partial charge < -0.3 is 20.8 Å². The number of hydrogen-bond acceptors (Lipinski definition) is 4. The van der Waals surface area contributed by atoms with Gasteiger partial charge >= 0.3 is 0 Å². The molecule has 0 aromatic rings. The summed E-state index contributed by atoms with van der Waals surface area (Å²) < 4.78 is 0. The third-order valence-electron chi connectivity index (χ3n) is 3.12. The van der Waals surface area contributed by atoms with Crippen LogP contribution in [0.5, 0.6) is 0 Å². The smallest absolute Gasteiger partial charge is 0.224 e. The molecule has 1 aliphatic heterocycles.